The number of nitrogens with zero attached hydrogens (tertiary/aromatic N) is 1. The summed E-state index contributed by atoms with van der Waals surface area (Å²) in [5, 5.41) is 8.84. The Morgan fingerprint density at radius 2 is 2.23 bits per heavy atom. The van der Waals surface area contributed by atoms with Crippen LogP contribution in [0.5, 0.6) is 0 Å². The zero-order valence-electron chi connectivity index (χ0n) is 12.5. The lowest BCUT2D eigenvalue weighted by Gasteiger charge is -2.42. The Hall–Kier alpha value is -1.49. The standard InChI is InChI=1S/C15H20FN3O2S/c1-11-4-2-3-7-15(11,10-18)19-22(20,21)13-5-6-14(16)12(8-13)9-17/h5-6,8,11,19H,2-4,7,10,18H2,1H3. The molecule has 1 fully saturated rings. The SMILES string of the molecule is CC1CCCCC1(CN)NS(=O)(=O)c1ccc(F)c(C#N)c1. The van der Waals surface area contributed by atoms with E-state index in [-0.39, 0.29) is 22.9 Å². The van der Waals surface area contributed by atoms with Crippen molar-refractivity contribution in [3.8, 4) is 6.07 Å². The van der Waals surface area contributed by atoms with Crippen LogP contribution in [-0.2, 0) is 10.0 Å². The molecule has 0 saturated heterocycles. The Morgan fingerprint density at radius 1 is 1.50 bits per heavy atom. The fraction of sp³-hybridized carbons (Fsp3) is 0.533. The predicted molar refractivity (Wildman–Crippen MR) is 80.9 cm³/mol. The van der Waals surface area contributed by atoms with E-state index in [4.69, 9.17) is 11.0 Å². The van der Waals surface area contributed by atoms with Crippen molar-refractivity contribution in [3.05, 3.63) is 29.6 Å². The third kappa shape index (κ3) is 3.14. The van der Waals surface area contributed by atoms with Crippen LogP contribution < -0.4 is 10.5 Å². The average molecular weight is 325 g/mol. The number of nitrogens with two attached hydrogens (primary N) is 1. The molecule has 1 aliphatic carbocycles. The maximum Gasteiger partial charge on any atom is 0.241 e. The summed E-state index contributed by atoms with van der Waals surface area (Å²) in [6, 6.07) is 4.86. The lowest BCUT2D eigenvalue weighted by Crippen LogP contribution is -2.58. The van der Waals surface area contributed by atoms with E-state index in [0.717, 1.165) is 37.5 Å². The van der Waals surface area contributed by atoms with E-state index >= 15 is 0 Å². The molecule has 2 atom stereocenters. The normalized spacial score (nSPS) is 25.6. The molecule has 1 aromatic rings. The second-order valence-corrected chi connectivity index (χ2v) is 7.55. The second-order valence-electron chi connectivity index (χ2n) is 5.87. The van der Waals surface area contributed by atoms with E-state index in [9.17, 15) is 12.8 Å². The molecule has 0 heterocycles. The first-order valence-corrected chi connectivity index (χ1v) is 8.76. The molecule has 0 radical (unpaired) electrons. The molecule has 0 amide bonds. The Balaban J connectivity index is 2.36. The van der Waals surface area contributed by atoms with Gasteiger partial charge in [0.2, 0.25) is 10.0 Å². The Kier molecular flexibility index (Phi) is 4.85. The average Bonchev–Trinajstić information content (AvgIpc) is 2.49. The van der Waals surface area contributed by atoms with Gasteiger partial charge in [0.15, 0.2) is 0 Å². The number of sulfonamides is 1. The number of benzene rings is 1. The summed E-state index contributed by atoms with van der Waals surface area (Å²) in [5.74, 6) is -0.613. The van der Waals surface area contributed by atoms with Crippen molar-refractivity contribution in [2.24, 2.45) is 11.7 Å². The molecule has 120 valence electrons. The van der Waals surface area contributed by atoms with Gasteiger partial charge >= 0.3 is 0 Å². The van der Waals surface area contributed by atoms with Crippen LogP contribution in [0.25, 0.3) is 0 Å². The van der Waals surface area contributed by atoms with Gasteiger partial charge in [-0.05, 0) is 37.0 Å². The molecule has 0 bridgehead atoms. The summed E-state index contributed by atoms with van der Waals surface area (Å²) in [6.45, 7) is 2.19. The predicted octanol–water partition coefficient (Wildman–Crippen LogP) is 1.88. The van der Waals surface area contributed by atoms with Crippen LogP contribution in [0, 0.1) is 23.1 Å². The van der Waals surface area contributed by atoms with Crippen molar-refractivity contribution in [1.82, 2.24) is 4.72 Å². The molecule has 2 rings (SSSR count). The highest BCUT2D eigenvalue weighted by Gasteiger charge is 2.40. The molecular weight excluding hydrogens is 305 g/mol. The minimum absolute atomic E-state index is 0.115. The number of hydrogen-bond donors (Lipinski definition) is 2. The number of hydrogen-bond acceptors (Lipinski definition) is 4. The second kappa shape index (κ2) is 6.32. The molecule has 1 saturated carbocycles. The monoisotopic (exact) mass is 325 g/mol. The molecule has 0 spiro atoms. The first-order valence-electron chi connectivity index (χ1n) is 7.28. The molecule has 1 aromatic carbocycles. The van der Waals surface area contributed by atoms with Gasteiger partial charge in [0.05, 0.1) is 10.5 Å². The molecule has 5 nitrogen and oxygen atoms in total. The molecule has 2 unspecified atom stereocenters. The van der Waals surface area contributed by atoms with Crippen molar-refractivity contribution in [3.63, 3.8) is 0 Å². The van der Waals surface area contributed by atoms with E-state index in [0.29, 0.717) is 6.42 Å². The van der Waals surface area contributed by atoms with Crippen molar-refractivity contribution in [2.45, 2.75) is 43.0 Å². The highest BCUT2D eigenvalue weighted by atomic mass is 32.2. The van der Waals surface area contributed by atoms with Gasteiger partial charge in [0.1, 0.15) is 11.9 Å². The lowest BCUT2D eigenvalue weighted by molar-refractivity contribution is 0.191. The zero-order valence-corrected chi connectivity index (χ0v) is 13.3. The third-order valence-electron chi connectivity index (χ3n) is 4.52. The number of rotatable bonds is 4. The van der Waals surface area contributed by atoms with E-state index in [1.165, 1.54) is 0 Å². The maximum absolute atomic E-state index is 13.4. The van der Waals surface area contributed by atoms with Crippen LogP contribution in [0.2, 0.25) is 0 Å². The van der Waals surface area contributed by atoms with Gasteiger partial charge < -0.3 is 5.73 Å². The smallest absolute Gasteiger partial charge is 0.241 e. The van der Waals surface area contributed by atoms with Crippen LogP contribution in [0.15, 0.2) is 23.1 Å². The third-order valence-corrected chi connectivity index (χ3v) is 6.07. The highest BCUT2D eigenvalue weighted by Crippen LogP contribution is 2.34. The topological polar surface area (TPSA) is 96.0 Å². The first-order chi connectivity index (χ1) is 10.3. The number of nitriles is 1. The van der Waals surface area contributed by atoms with E-state index < -0.39 is 21.4 Å². The van der Waals surface area contributed by atoms with Crippen molar-refractivity contribution >= 4 is 10.0 Å². The van der Waals surface area contributed by atoms with Gasteiger partial charge in [-0.1, -0.05) is 19.8 Å². The summed E-state index contributed by atoms with van der Waals surface area (Å²) in [5.41, 5.74) is 4.88. The highest BCUT2D eigenvalue weighted by molar-refractivity contribution is 7.89. The van der Waals surface area contributed by atoms with Gasteiger partial charge in [-0.3, -0.25) is 0 Å². The maximum atomic E-state index is 13.4. The minimum Gasteiger partial charge on any atom is -0.329 e. The van der Waals surface area contributed by atoms with Gasteiger partial charge in [-0.15, -0.1) is 0 Å². The van der Waals surface area contributed by atoms with Gasteiger partial charge in [0.25, 0.3) is 0 Å². The largest absolute Gasteiger partial charge is 0.329 e. The number of nitrogens with one attached hydrogen (secondary N) is 1. The Morgan fingerprint density at radius 3 is 2.82 bits per heavy atom. The van der Waals surface area contributed by atoms with E-state index in [1.807, 2.05) is 6.92 Å². The zero-order chi connectivity index (χ0) is 16.4. The fourth-order valence-electron chi connectivity index (χ4n) is 2.99. The fourth-order valence-corrected chi connectivity index (χ4v) is 4.55. The van der Waals surface area contributed by atoms with Gasteiger partial charge in [-0.25, -0.2) is 17.5 Å². The molecule has 22 heavy (non-hydrogen) atoms. The van der Waals surface area contributed by atoms with Crippen molar-refractivity contribution in [1.29, 1.82) is 5.26 Å². The van der Waals surface area contributed by atoms with E-state index in [2.05, 4.69) is 4.72 Å². The lowest BCUT2D eigenvalue weighted by atomic mass is 9.74. The minimum atomic E-state index is -3.86. The van der Waals surface area contributed by atoms with Crippen molar-refractivity contribution in [2.75, 3.05) is 6.54 Å². The van der Waals surface area contributed by atoms with Crippen LogP contribution in [0.3, 0.4) is 0 Å². The molecule has 0 aromatic heterocycles. The van der Waals surface area contributed by atoms with Gasteiger partial charge in [-0.2, -0.15) is 5.26 Å². The molecule has 3 N–H and O–H groups in total. The molecule has 1 aliphatic rings. The Bertz CT molecular complexity index is 699. The summed E-state index contributed by atoms with van der Waals surface area (Å²) >= 11 is 0. The van der Waals surface area contributed by atoms with Crippen LogP contribution >= 0.6 is 0 Å². The summed E-state index contributed by atoms with van der Waals surface area (Å²) in [4.78, 5) is -0.115. The van der Waals surface area contributed by atoms with E-state index in [1.54, 1.807) is 6.07 Å². The van der Waals surface area contributed by atoms with Crippen LogP contribution in [-0.4, -0.2) is 20.5 Å². The summed E-state index contributed by atoms with van der Waals surface area (Å²) in [7, 11) is -3.86. The first kappa shape index (κ1) is 16.9. The summed E-state index contributed by atoms with van der Waals surface area (Å²) < 4.78 is 41.3. The molecule has 7 heteroatoms. The van der Waals surface area contributed by atoms with Crippen molar-refractivity contribution < 1.29 is 12.8 Å². The van der Waals surface area contributed by atoms with Crippen LogP contribution in [0.4, 0.5) is 4.39 Å². The van der Waals surface area contributed by atoms with Gasteiger partial charge in [0, 0.05) is 12.1 Å². The quantitative estimate of drug-likeness (QED) is 0.883. The van der Waals surface area contributed by atoms with Crippen LogP contribution in [0.1, 0.15) is 38.2 Å². The summed E-state index contributed by atoms with van der Waals surface area (Å²) in [6.07, 6.45) is 3.56. The number of halogens is 1. The molecular formula is C15H20FN3O2S. The Labute approximate surface area is 130 Å². The molecule has 0 aliphatic heterocycles.